The summed E-state index contributed by atoms with van der Waals surface area (Å²) in [6.07, 6.45) is 3.09. The highest BCUT2D eigenvalue weighted by Crippen LogP contribution is 2.44. The average Bonchev–Trinajstić information content (AvgIpc) is 3.37. The van der Waals surface area contributed by atoms with Crippen molar-refractivity contribution in [1.29, 1.82) is 0 Å². The number of amides is 1. The summed E-state index contributed by atoms with van der Waals surface area (Å²) in [6.45, 7) is 0. The summed E-state index contributed by atoms with van der Waals surface area (Å²) in [5.41, 5.74) is 1.45. The van der Waals surface area contributed by atoms with E-state index in [1.807, 2.05) is 0 Å². The van der Waals surface area contributed by atoms with Crippen LogP contribution in [0.1, 0.15) is 27.5 Å². The number of aliphatic hydroxyl groups is 1. The molecule has 0 saturated carbocycles. The lowest BCUT2D eigenvalue weighted by Gasteiger charge is -2.22. The Hall–Kier alpha value is -4.37. The van der Waals surface area contributed by atoms with E-state index in [0.717, 1.165) is 11.3 Å². The van der Waals surface area contributed by atoms with Crippen LogP contribution in [0.2, 0.25) is 0 Å². The Morgan fingerprint density at radius 3 is 2.45 bits per heavy atom. The van der Waals surface area contributed by atoms with Crippen LogP contribution in [-0.4, -0.2) is 37.8 Å². The molecule has 2 N–H and O–H groups in total. The van der Waals surface area contributed by atoms with Crippen LogP contribution in [0.3, 0.4) is 0 Å². The topological polar surface area (TPSA) is 121 Å². The molecular weight excluding hydrogens is 442 g/mol. The van der Waals surface area contributed by atoms with Gasteiger partial charge in [-0.05, 0) is 29.8 Å². The number of nitrogens with zero attached hydrogens (tertiary/aromatic N) is 3. The molecule has 3 heterocycles. The molecule has 0 aliphatic carbocycles. The number of ketones is 1. The lowest BCUT2D eigenvalue weighted by Crippen LogP contribution is -2.29. The van der Waals surface area contributed by atoms with Gasteiger partial charge in [0.05, 0.1) is 27.4 Å². The highest BCUT2D eigenvalue weighted by molar-refractivity contribution is 7.22. The van der Waals surface area contributed by atoms with E-state index in [1.54, 1.807) is 54.7 Å². The minimum atomic E-state index is -1.08. The maximum Gasteiger partial charge on any atom is 0.335 e. The van der Waals surface area contributed by atoms with Crippen molar-refractivity contribution < 1.29 is 24.6 Å². The lowest BCUT2D eigenvalue weighted by atomic mass is 9.96. The number of aromatic carboxylic acids is 1. The van der Waals surface area contributed by atoms with E-state index in [0.29, 0.717) is 21.3 Å². The van der Waals surface area contributed by atoms with Crippen LogP contribution >= 0.6 is 11.3 Å². The molecule has 162 valence electrons. The fourth-order valence-electron chi connectivity index (χ4n) is 3.78. The zero-order valence-electron chi connectivity index (χ0n) is 16.9. The van der Waals surface area contributed by atoms with Crippen LogP contribution in [0.4, 0.5) is 5.13 Å². The second kappa shape index (κ2) is 7.95. The van der Waals surface area contributed by atoms with Crippen molar-refractivity contribution in [2.75, 3.05) is 4.90 Å². The number of thiazole rings is 1. The third-order valence-electron chi connectivity index (χ3n) is 5.32. The zero-order chi connectivity index (χ0) is 23.1. The van der Waals surface area contributed by atoms with E-state index in [2.05, 4.69) is 9.97 Å². The molecule has 0 spiro atoms. The lowest BCUT2D eigenvalue weighted by molar-refractivity contribution is -0.132. The maximum absolute atomic E-state index is 13.2. The molecule has 1 atom stereocenters. The summed E-state index contributed by atoms with van der Waals surface area (Å²) in [6, 6.07) is 15.4. The standard InChI is InChI=1S/C24H15N3O5S/c28-20(13-5-2-1-3-6-13)18-19(15-7-4-10-25-12-15)27(22(30)21(18)29)24-26-16-9-8-14(23(31)32)11-17(16)33-24/h1-12,19,28H,(H,31,32)/b20-18+. The summed E-state index contributed by atoms with van der Waals surface area (Å²) in [5.74, 6) is -3.04. The van der Waals surface area contributed by atoms with E-state index < -0.39 is 23.7 Å². The van der Waals surface area contributed by atoms with Gasteiger partial charge in [0.1, 0.15) is 5.76 Å². The van der Waals surface area contributed by atoms with Gasteiger partial charge in [-0.1, -0.05) is 47.7 Å². The molecule has 4 aromatic rings. The van der Waals surface area contributed by atoms with Crippen LogP contribution < -0.4 is 4.90 Å². The normalized spacial score (nSPS) is 17.6. The number of benzene rings is 2. The third kappa shape index (κ3) is 3.44. The van der Waals surface area contributed by atoms with Gasteiger partial charge in [-0.3, -0.25) is 19.5 Å². The minimum Gasteiger partial charge on any atom is -0.507 e. The number of hydrogen-bond donors (Lipinski definition) is 2. The first kappa shape index (κ1) is 20.5. The number of carbonyl (C=O) groups excluding carboxylic acids is 2. The van der Waals surface area contributed by atoms with Crippen LogP contribution in [0.15, 0.2) is 78.6 Å². The Kier molecular flexibility index (Phi) is 4.95. The van der Waals surface area contributed by atoms with Crippen molar-refractivity contribution in [3.05, 3.63) is 95.3 Å². The molecule has 0 bridgehead atoms. The maximum atomic E-state index is 13.2. The zero-order valence-corrected chi connectivity index (χ0v) is 17.7. The molecule has 5 rings (SSSR count). The summed E-state index contributed by atoms with van der Waals surface area (Å²) < 4.78 is 0.555. The number of Topliss-reactive ketones (excluding diaryl/α,β-unsaturated/α-hetero) is 1. The fraction of sp³-hybridized carbons (Fsp3) is 0.0417. The smallest absolute Gasteiger partial charge is 0.335 e. The number of aromatic nitrogens is 2. The molecule has 1 aliphatic rings. The summed E-state index contributed by atoms with van der Waals surface area (Å²) in [4.78, 5) is 47.4. The van der Waals surface area contributed by atoms with Gasteiger partial charge in [0.2, 0.25) is 0 Å². The molecule has 1 unspecified atom stereocenters. The second-order valence-electron chi connectivity index (χ2n) is 7.31. The highest BCUT2D eigenvalue weighted by Gasteiger charge is 2.48. The van der Waals surface area contributed by atoms with E-state index in [4.69, 9.17) is 0 Å². The van der Waals surface area contributed by atoms with E-state index in [1.165, 1.54) is 23.2 Å². The molecular formula is C24H15N3O5S. The van der Waals surface area contributed by atoms with Crippen molar-refractivity contribution >= 4 is 50.1 Å². The van der Waals surface area contributed by atoms with Gasteiger partial charge in [-0.15, -0.1) is 0 Å². The molecule has 2 aromatic carbocycles. The number of anilines is 1. The van der Waals surface area contributed by atoms with Gasteiger partial charge >= 0.3 is 11.9 Å². The molecule has 8 nitrogen and oxygen atoms in total. The predicted octanol–water partition coefficient (Wildman–Crippen LogP) is 4.02. The second-order valence-corrected chi connectivity index (χ2v) is 8.31. The van der Waals surface area contributed by atoms with Crippen LogP contribution in [-0.2, 0) is 9.59 Å². The van der Waals surface area contributed by atoms with Crippen LogP contribution in [0.5, 0.6) is 0 Å². The first-order valence-corrected chi connectivity index (χ1v) is 10.7. The number of rotatable bonds is 4. The number of pyridine rings is 1. The fourth-order valence-corrected chi connectivity index (χ4v) is 4.81. The Labute approximate surface area is 191 Å². The number of hydrogen-bond acceptors (Lipinski definition) is 7. The molecule has 2 aromatic heterocycles. The van der Waals surface area contributed by atoms with Crippen molar-refractivity contribution in [2.24, 2.45) is 0 Å². The quantitative estimate of drug-likeness (QED) is 0.270. The van der Waals surface area contributed by atoms with Crippen molar-refractivity contribution in [2.45, 2.75) is 6.04 Å². The van der Waals surface area contributed by atoms with Gasteiger partial charge in [0.25, 0.3) is 5.78 Å². The average molecular weight is 457 g/mol. The molecule has 9 heteroatoms. The first-order valence-electron chi connectivity index (χ1n) is 9.86. The Balaban J connectivity index is 1.71. The SMILES string of the molecule is O=C1C(=O)N(c2nc3ccc(C(=O)O)cc3s2)C(c2cccnc2)/C1=C(\O)c1ccccc1. The molecule has 33 heavy (non-hydrogen) atoms. The van der Waals surface area contributed by atoms with Crippen molar-refractivity contribution in [3.63, 3.8) is 0 Å². The van der Waals surface area contributed by atoms with Crippen LogP contribution in [0, 0.1) is 0 Å². The van der Waals surface area contributed by atoms with Gasteiger partial charge in [0, 0.05) is 18.0 Å². The number of aliphatic hydroxyl groups excluding tert-OH is 1. The third-order valence-corrected chi connectivity index (χ3v) is 6.34. The van der Waals surface area contributed by atoms with E-state index in [-0.39, 0.29) is 22.0 Å². The monoisotopic (exact) mass is 457 g/mol. The Morgan fingerprint density at radius 1 is 0.970 bits per heavy atom. The van der Waals surface area contributed by atoms with Gasteiger partial charge in [-0.25, -0.2) is 9.78 Å². The highest BCUT2D eigenvalue weighted by atomic mass is 32.1. The Morgan fingerprint density at radius 2 is 1.76 bits per heavy atom. The van der Waals surface area contributed by atoms with Gasteiger partial charge in [-0.2, -0.15) is 0 Å². The molecule has 1 fully saturated rings. The number of fused-ring (bicyclic) bond motifs is 1. The predicted molar refractivity (Wildman–Crippen MR) is 122 cm³/mol. The number of carboxylic acids is 1. The molecule has 1 aliphatic heterocycles. The van der Waals surface area contributed by atoms with Crippen molar-refractivity contribution in [1.82, 2.24) is 9.97 Å². The van der Waals surface area contributed by atoms with E-state index >= 15 is 0 Å². The van der Waals surface area contributed by atoms with Crippen LogP contribution in [0.25, 0.3) is 16.0 Å². The summed E-state index contributed by atoms with van der Waals surface area (Å²) in [5, 5.41) is 20.5. The molecule has 1 amide bonds. The number of carbonyl (C=O) groups is 3. The minimum absolute atomic E-state index is 0.0651. The van der Waals surface area contributed by atoms with Gasteiger partial charge < -0.3 is 10.2 Å². The largest absolute Gasteiger partial charge is 0.507 e. The number of carboxylic acid groups (broad SMARTS) is 1. The van der Waals surface area contributed by atoms with Crippen molar-refractivity contribution in [3.8, 4) is 0 Å². The van der Waals surface area contributed by atoms with E-state index in [9.17, 15) is 24.6 Å². The molecule has 0 radical (unpaired) electrons. The van der Waals surface area contributed by atoms with Gasteiger partial charge in [0.15, 0.2) is 5.13 Å². The summed E-state index contributed by atoms with van der Waals surface area (Å²) in [7, 11) is 0. The molecule has 1 saturated heterocycles. The Bertz CT molecular complexity index is 1450. The first-order chi connectivity index (χ1) is 16.0. The summed E-state index contributed by atoms with van der Waals surface area (Å²) >= 11 is 1.09.